The molecule has 0 fully saturated rings. The van der Waals surface area contributed by atoms with Crippen LogP contribution in [0, 0.1) is 0 Å². The molecule has 2 rings (SSSR count). The van der Waals surface area contributed by atoms with E-state index in [1.165, 1.54) is 16.7 Å². The molecule has 1 heterocycles. The Kier molecular flexibility index (Phi) is 6.41. The molecular weight excluding hydrogens is 386 g/mol. The number of benzene rings is 1. The SMILES string of the molecule is CCCN1C(=O)C(=NC(=O)c2ccc(S(N)(=O)=O)cc2)C(N)=[N+](CCC)C1=O. The lowest BCUT2D eigenvalue weighted by Gasteiger charge is -2.22. The van der Waals surface area contributed by atoms with Gasteiger partial charge in [0.25, 0.3) is 11.7 Å². The summed E-state index contributed by atoms with van der Waals surface area (Å²) in [5.74, 6) is -1.72. The number of carbonyl (C=O) groups is 3. The molecule has 0 bridgehead atoms. The predicted octanol–water partition coefficient (Wildman–Crippen LogP) is 0.0671. The fraction of sp³-hybridized carbons (Fsp3) is 0.353. The summed E-state index contributed by atoms with van der Waals surface area (Å²) in [6.45, 7) is 4.09. The summed E-state index contributed by atoms with van der Waals surface area (Å²) in [6, 6.07) is 4.24. The van der Waals surface area contributed by atoms with Gasteiger partial charge in [0.1, 0.15) is 0 Å². The van der Waals surface area contributed by atoms with E-state index in [9.17, 15) is 22.8 Å². The Morgan fingerprint density at radius 1 is 1.14 bits per heavy atom. The van der Waals surface area contributed by atoms with Gasteiger partial charge in [-0.3, -0.25) is 4.79 Å². The van der Waals surface area contributed by atoms with E-state index in [0.29, 0.717) is 12.8 Å². The van der Waals surface area contributed by atoms with Crippen LogP contribution in [0.4, 0.5) is 4.79 Å². The number of carbonyl (C=O) groups excluding carboxylic acids is 3. The summed E-state index contributed by atoms with van der Waals surface area (Å²) in [5, 5.41) is 5.02. The largest absolute Gasteiger partial charge is 0.446 e. The number of sulfonamides is 1. The van der Waals surface area contributed by atoms with Gasteiger partial charge in [-0.1, -0.05) is 13.8 Å². The third-order valence-corrected chi connectivity index (χ3v) is 4.91. The Labute approximate surface area is 162 Å². The number of hydrogen-bond acceptors (Lipinski definition) is 6. The second-order valence-corrected chi connectivity index (χ2v) is 7.67. The normalized spacial score (nSPS) is 16.8. The number of nitrogens with two attached hydrogens (primary N) is 2. The van der Waals surface area contributed by atoms with Gasteiger partial charge in [-0.15, -0.1) is 0 Å². The number of hydrogen-bond donors (Lipinski definition) is 2. The second kappa shape index (κ2) is 8.40. The summed E-state index contributed by atoms with van der Waals surface area (Å²) in [4.78, 5) is 42.2. The average molecular weight is 408 g/mol. The first-order valence-electron chi connectivity index (χ1n) is 8.63. The molecule has 11 heteroatoms. The minimum atomic E-state index is -3.90. The number of nitrogens with zero attached hydrogens (tertiary/aromatic N) is 3. The number of aliphatic imine (C=N–C) groups is 1. The average Bonchev–Trinajstić information content (AvgIpc) is 2.65. The van der Waals surface area contributed by atoms with Gasteiger partial charge in [-0.25, -0.2) is 23.1 Å². The zero-order valence-corrected chi connectivity index (χ0v) is 16.4. The highest BCUT2D eigenvalue weighted by Gasteiger charge is 2.42. The van der Waals surface area contributed by atoms with Crippen molar-refractivity contribution >= 4 is 39.4 Å². The van der Waals surface area contributed by atoms with Crippen molar-refractivity contribution < 1.29 is 27.4 Å². The van der Waals surface area contributed by atoms with Gasteiger partial charge in [0.2, 0.25) is 15.7 Å². The third kappa shape index (κ3) is 4.31. The molecule has 1 aliphatic rings. The van der Waals surface area contributed by atoms with Gasteiger partial charge in [0, 0.05) is 5.56 Å². The highest BCUT2D eigenvalue weighted by Crippen LogP contribution is 2.12. The number of urea groups is 1. The van der Waals surface area contributed by atoms with Crippen molar-refractivity contribution in [1.29, 1.82) is 0 Å². The Bertz CT molecular complexity index is 980. The van der Waals surface area contributed by atoms with Crippen molar-refractivity contribution in [3.8, 4) is 0 Å². The van der Waals surface area contributed by atoms with Crippen LogP contribution in [0.25, 0.3) is 0 Å². The second-order valence-electron chi connectivity index (χ2n) is 6.11. The summed E-state index contributed by atoms with van der Waals surface area (Å²) in [6.07, 6.45) is 1.13. The summed E-state index contributed by atoms with van der Waals surface area (Å²) in [5.41, 5.74) is 5.68. The molecule has 28 heavy (non-hydrogen) atoms. The Hall–Kier alpha value is -2.92. The number of amidine groups is 1. The standard InChI is InChI=1S/C17H21N5O5S/c1-3-9-21-14(18)13(16(24)22(10-4-2)17(21)25)20-15(23)11-5-7-12(8-6-11)28(19,26)27/h5-8,18H,3-4,9-10H2,1-2H3,(H2,19,26,27)/p+1. The molecule has 150 valence electrons. The van der Waals surface area contributed by atoms with E-state index in [-0.39, 0.29) is 35.1 Å². The quantitative estimate of drug-likeness (QED) is 0.634. The van der Waals surface area contributed by atoms with Crippen LogP contribution in [0.5, 0.6) is 0 Å². The Morgan fingerprint density at radius 3 is 2.25 bits per heavy atom. The minimum absolute atomic E-state index is 0.0430. The fourth-order valence-electron chi connectivity index (χ4n) is 2.62. The van der Waals surface area contributed by atoms with E-state index >= 15 is 0 Å². The molecule has 4 amide bonds. The van der Waals surface area contributed by atoms with Crippen LogP contribution in [0.15, 0.2) is 34.2 Å². The van der Waals surface area contributed by atoms with Crippen molar-refractivity contribution in [2.24, 2.45) is 15.9 Å². The van der Waals surface area contributed by atoms with Crippen LogP contribution in [0.2, 0.25) is 0 Å². The lowest BCUT2D eigenvalue weighted by molar-refractivity contribution is -0.436. The van der Waals surface area contributed by atoms with Gasteiger partial charge in [0.15, 0.2) is 0 Å². The molecule has 0 aliphatic carbocycles. The molecule has 1 aliphatic heterocycles. The minimum Gasteiger partial charge on any atom is -0.316 e. The number of imide groups is 1. The van der Waals surface area contributed by atoms with Gasteiger partial charge < -0.3 is 5.73 Å². The van der Waals surface area contributed by atoms with E-state index in [4.69, 9.17) is 10.9 Å². The molecule has 0 saturated carbocycles. The molecule has 0 aromatic heterocycles. The summed E-state index contributed by atoms with van der Waals surface area (Å²) >= 11 is 0. The van der Waals surface area contributed by atoms with Crippen molar-refractivity contribution in [2.75, 3.05) is 13.1 Å². The maximum Gasteiger partial charge on any atom is 0.446 e. The first kappa shape index (κ1) is 21.4. The topological polar surface area (TPSA) is 156 Å². The van der Waals surface area contributed by atoms with Crippen LogP contribution in [0.3, 0.4) is 0 Å². The van der Waals surface area contributed by atoms with Crippen LogP contribution in [0.1, 0.15) is 37.0 Å². The monoisotopic (exact) mass is 408 g/mol. The fourth-order valence-corrected chi connectivity index (χ4v) is 3.14. The Balaban J connectivity index is 2.47. The molecular formula is C17H22N5O5S+. The van der Waals surface area contributed by atoms with E-state index in [2.05, 4.69) is 4.99 Å². The van der Waals surface area contributed by atoms with Crippen molar-refractivity contribution in [2.45, 2.75) is 31.6 Å². The molecule has 0 radical (unpaired) electrons. The highest BCUT2D eigenvalue weighted by molar-refractivity contribution is 7.89. The van der Waals surface area contributed by atoms with E-state index in [0.717, 1.165) is 17.0 Å². The smallest absolute Gasteiger partial charge is 0.316 e. The van der Waals surface area contributed by atoms with E-state index in [1.54, 1.807) is 6.92 Å². The first-order chi connectivity index (χ1) is 13.1. The zero-order valence-electron chi connectivity index (χ0n) is 15.6. The number of amides is 4. The van der Waals surface area contributed by atoms with Gasteiger partial charge >= 0.3 is 11.9 Å². The lowest BCUT2D eigenvalue weighted by atomic mass is 10.2. The van der Waals surface area contributed by atoms with Gasteiger partial charge in [-0.2, -0.15) is 14.5 Å². The van der Waals surface area contributed by atoms with Crippen LogP contribution in [-0.2, 0) is 14.8 Å². The molecule has 4 N–H and O–H groups in total. The first-order valence-corrected chi connectivity index (χ1v) is 10.2. The van der Waals surface area contributed by atoms with Crippen molar-refractivity contribution in [3.05, 3.63) is 29.8 Å². The maximum absolute atomic E-state index is 12.6. The molecule has 0 saturated heterocycles. The number of rotatable bonds is 6. The predicted molar refractivity (Wildman–Crippen MR) is 102 cm³/mol. The molecule has 1 aromatic rings. The molecule has 10 nitrogen and oxygen atoms in total. The van der Waals surface area contributed by atoms with Gasteiger partial charge in [-0.05, 0) is 37.1 Å². The molecule has 0 atom stereocenters. The molecule has 0 unspecified atom stereocenters. The zero-order chi connectivity index (χ0) is 21.1. The van der Waals surface area contributed by atoms with E-state index in [1.807, 2.05) is 6.92 Å². The number of primary sulfonamides is 1. The lowest BCUT2D eigenvalue weighted by Crippen LogP contribution is -2.58. The molecule has 1 aromatic carbocycles. The van der Waals surface area contributed by atoms with Crippen LogP contribution in [-0.4, -0.2) is 60.4 Å². The van der Waals surface area contributed by atoms with E-state index < -0.39 is 27.9 Å². The van der Waals surface area contributed by atoms with Crippen LogP contribution < -0.4 is 10.9 Å². The Morgan fingerprint density at radius 2 is 1.75 bits per heavy atom. The highest BCUT2D eigenvalue weighted by atomic mass is 32.2. The molecule has 0 spiro atoms. The van der Waals surface area contributed by atoms with Crippen LogP contribution >= 0.6 is 0 Å². The van der Waals surface area contributed by atoms with Gasteiger partial charge in [0.05, 0.1) is 18.0 Å². The summed E-state index contributed by atoms with van der Waals surface area (Å²) in [7, 11) is -3.90. The van der Waals surface area contributed by atoms with Crippen molar-refractivity contribution in [3.63, 3.8) is 0 Å². The third-order valence-electron chi connectivity index (χ3n) is 3.98. The summed E-state index contributed by atoms with van der Waals surface area (Å²) < 4.78 is 23.8. The maximum atomic E-state index is 12.6. The van der Waals surface area contributed by atoms with Crippen molar-refractivity contribution in [1.82, 2.24) is 4.90 Å².